The van der Waals surface area contributed by atoms with Crippen molar-refractivity contribution in [1.82, 2.24) is 0 Å². The van der Waals surface area contributed by atoms with Gasteiger partial charge in [0, 0.05) is 10.6 Å². The van der Waals surface area contributed by atoms with Crippen LogP contribution in [0.4, 0.5) is 13.2 Å². The molecule has 0 aliphatic rings. The van der Waals surface area contributed by atoms with E-state index in [9.17, 15) is 18.0 Å². The molecule has 0 aliphatic heterocycles. The van der Waals surface area contributed by atoms with Crippen molar-refractivity contribution >= 4 is 17.7 Å². The van der Waals surface area contributed by atoms with Crippen molar-refractivity contribution in [2.75, 3.05) is 12.9 Å². The van der Waals surface area contributed by atoms with Gasteiger partial charge in [0.15, 0.2) is 5.92 Å². The molecule has 0 saturated heterocycles. The van der Waals surface area contributed by atoms with E-state index in [2.05, 4.69) is 0 Å². The lowest BCUT2D eigenvalue weighted by molar-refractivity contribution is -0.188. The molecule has 100 valence electrons. The third kappa shape index (κ3) is 4.14. The fourth-order valence-corrected chi connectivity index (χ4v) is 2.24. The first-order valence-electron chi connectivity index (χ1n) is 4.91. The Morgan fingerprint density at radius 2 is 2.17 bits per heavy atom. The Bertz CT molecular complexity index is 420. The molecular formula is C11H11F3O3S. The van der Waals surface area contributed by atoms with Gasteiger partial charge in [-0.3, -0.25) is 4.79 Å². The van der Waals surface area contributed by atoms with Gasteiger partial charge in [-0.1, -0.05) is 6.07 Å². The molecule has 0 aliphatic carbocycles. The van der Waals surface area contributed by atoms with Crippen LogP contribution >= 0.6 is 11.8 Å². The monoisotopic (exact) mass is 280 g/mol. The average molecular weight is 280 g/mol. The van der Waals surface area contributed by atoms with E-state index in [1.54, 1.807) is 24.3 Å². The lowest BCUT2D eigenvalue weighted by Crippen LogP contribution is -2.32. The number of carboxylic acids is 1. The van der Waals surface area contributed by atoms with Gasteiger partial charge >= 0.3 is 12.1 Å². The van der Waals surface area contributed by atoms with Gasteiger partial charge in [-0.2, -0.15) is 13.2 Å². The summed E-state index contributed by atoms with van der Waals surface area (Å²) in [7, 11) is 1.44. The van der Waals surface area contributed by atoms with E-state index < -0.39 is 23.8 Å². The Kier molecular flexibility index (Phi) is 4.89. The Labute approximate surface area is 106 Å². The molecule has 0 bridgehead atoms. The number of alkyl halides is 3. The van der Waals surface area contributed by atoms with E-state index in [-0.39, 0.29) is 0 Å². The van der Waals surface area contributed by atoms with E-state index in [4.69, 9.17) is 9.84 Å². The third-order valence-electron chi connectivity index (χ3n) is 2.15. The molecule has 1 atom stereocenters. The van der Waals surface area contributed by atoms with Crippen LogP contribution < -0.4 is 4.74 Å². The van der Waals surface area contributed by atoms with Crippen molar-refractivity contribution < 1.29 is 27.8 Å². The smallest absolute Gasteiger partial charge is 0.403 e. The second-order valence-corrected chi connectivity index (χ2v) is 4.52. The predicted molar refractivity (Wildman–Crippen MR) is 60.9 cm³/mol. The molecule has 0 amide bonds. The number of aliphatic carboxylic acids is 1. The maximum atomic E-state index is 12.4. The molecule has 7 heteroatoms. The number of hydrogen-bond acceptors (Lipinski definition) is 3. The number of hydrogen-bond donors (Lipinski definition) is 1. The molecule has 1 unspecified atom stereocenters. The molecule has 0 saturated carbocycles. The van der Waals surface area contributed by atoms with Gasteiger partial charge in [0.25, 0.3) is 0 Å². The normalized spacial score (nSPS) is 13.1. The lowest BCUT2D eigenvalue weighted by Gasteiger charge is -2.15. The summed E-state index contributed by atoms with van der Waals surface area (Å²) in [6.07, 6.45) is -4.74. The number of carbonyl (C=O) groups is 1. The zero-order valence-electron chi connectivity index (χ0n) is 9.40. The van der Waals surface area contributed by atoms with Gasteiger partial charge in [-0.15, -0.1) is 11.8 Å². The van der Waals surface area contributed by atoms with Crippen molar-refractivity contribution in [2.45, 2.75) is 11.1 Å². The molecule has 1 aromatic carbocycles. The van der Waals surface area contributed by atoms with E-state index in [0.29, 0.717) is 10.6 Å². The predicted octanol–water partition coefficient (Wildman–Crippen LogP) is 3.05. The molecular weight excluding hydrogens is 269 g/mol. The summed E-state index contributed by atoms with van der Waals surface area (Å²) in [5.41, 5.74) is 0. The highest BCUT2D eigenvalue weighted by Crippen LogP contribution is 2.32. The molecule has 3 nitrogen and oxygen atoms in total. The maximum Gasteiger partial charge on any atom is 0.403 e. The van der Waals surface area contributed by atoms with Crippen LogP contribution in [0.5, 0.6) is 5.75 Å². The summed E-state index contributed by atoms with van der Waals surface area (Å²) in [5, 5.41) is 8.53. The minimum atomic E-state index is -4.74. The number of thioether (sulfide) groups is 1. The first-order valence-corrected chi connectivity index (χ1v) is 5.89. The zero-order valence-corrected chi connectivity index (χ0v) is 10.2. The van der Waals surface area contributed by atoms with Crippen LogP contribution in [-0.2, 0) is 4.79 Å². The summed E-state index contributed by atoms with van der Waals surface area (Å²) in [5.74, 6) is -4.28. The van der Waals surface area contributed by atoms with Crippen LogP contribution in [0, 0.1) is 5.92 Å². The molecule has 1 aromatic rings. The molecule has 1 N–H and O–H groups in total. The Morgan fingerprint density at radius 3 is 2.67 bits per heavy atom. The Morgan fingerprint density at radius 1 is 1.50 bits per heavy atom. The van der Waals surface area contributed by atoms with Gasteiger partial charge in [-0.25, -0.2) is 0 Å². The highest BCUT2D eigenvalue weighted by molar-refractivity contribution is 7.99. The molecule has 0 radical (unpaired) electrons. The average Bonchev–Trinajstić information content (AvgIpc) is 2.27. The lowest BCUT2D eigenvalue weighted by atomic mass is 10.2. The van der Waals surface area contributed by atoms with E-state index >= 15 is 0 Å². The molecule has 0 fully saturated rings. The van der Waals surface area contributed by atoms with Crippen LogP contribution in [0.3, 0.4) is 0 Å². The van der Waals surface area contributed by atoms with Crippen LogP contribution in [0.2, 0.25) is 0 Å². The van der Waals surface area contributed by atoms with E-state index in [1.165, 1.54) is 7.11 Å². The minimum Gasteiger partial charge on any atom is -0.497 e. The van der Waals surface area contributed by atoms with E-state index in [1.807, 2.05) is 0 Å². The number of carboxylic acid groups (broad SMARTS) is 1. The van der Waals surface area contributed by atoms with Crippen molar-refractivity contribution in [3.8, 4) is 5.75 Å². The highest BCUT2D eigenvalue weighted by Gasteiger charge is 2.44. The summed E-state index contributed by atoms with van der Waals surface area (Å²) in [6.45, 7) is 0. The summed E-state index contributed by atoms with van der Waals surface area (Å²) in [4.78, 5) is 11.1. The fraction of sp³-hybridized carbons (Fsp3) is 0.364. The van der Waals surface area contributed by atoms with Crippen molar-refractivity contribution in [3.05, 3.63) is 24.3 Å². The SMILES string of the molecule is COc1cccc(SCC(C(=O)O)C(F)(F)F)c1. The van der Waals surface area contributed by atoms with Crippen LogP contribution in [0.25, 0.3) is 0 Å². The standard InChI is InChI=1S/C11H11F3O3S/c1-17-7-3-2-4-8(5-7)18-6-9(10(15)16)11(12,13)14/h2-5,9H,6H2,1H3,(H,15,16). The quantitative estimate of drug-likeness (QED) is 0.842. The van der Waals surface area contributed by atoms with Gasteiger partial charge in [0.1, 0.15) is 5.75 Å². The molecule has 18 heavy (non-hydrogen) atoms. The third-order valence-corrected chi connectivity index (χ3v) is 3.24. The van der Waals surface area contributed by atoms with Crippen LogP contribution in [0.1, 0.15) is 0 Å². The van der Waals surface area contributed by atoms with Crippen molar-refractivity contribution in [3.63, 3.8) is 0 Å². The molecule has 1 rings (SSSR count). The van der Waals surface area contributed by atoms with E-state index in [0.717, 1.165) is 11.8 Å². The number of benzene rings is 1. The number of ether oxygens (including phenoxy) is 1. The van der Waals surface area contributed by atoms with Gasteiger partial charge < -0.3 is 9.84 Å². The maximum absolute atomic E-state index is 12.4. The molecule has 0 aromatic heterocycles. The van der Waals surface area contributed by atoms with Crippen molar-refractivity contribution in [1.29, 1.82) is 0 Å². The summed E-state index contributed by atoms with van der Waals surface area (Å²) >= 11 is 0.832. The Balaban J connectivity index is 2.70. The summed E-state index contributed by atoms with van der Waals surface area (Å²) < 4.78 is 42.1. The Hall–Kier alpha value is -1.37. The zero-order chi connectivity index (χ0) is 13.8. The topological polar surface area (TPSA) is 46.5 Å². The van der Waals surface area contributed by atoms with Crippen LogP contribution in [-0.4, -0.2) is 30.1 Å². The first kappa shape index (κ1) is 14.7. The number of methoxy groups -OCH3 is 1. The summed E-state index contributed by atoms with van der Waals surface area (Å²) in [6, 6.07) is 6.44. The highest BCUT2D eigenvalue weighted by atomic mass is 32.2. The number of rotatable bonds is 5. The molecule has 0 spiro atoms. The van der Waals surface area contributed by atoms with Crippen molar-refractivity contribution in [2.24, 2.45) is 5.92 Å². The van der Waals surface area contributed by atoms with Gasteiger partial charge in [0.05, 0.1) is 7.11 Å². The second-order valence-electron chi connectivity index (χ2n) is 3.42. The fourth-order valence-electron chi connectivity index (χ4n) is 1.18. The van der Waals surface area contributed by atoms with Crippen LogP contribution in [0.15, 0.2) is 29.2 Å². The second kappa shape index (κ2) is 5.99. The number of halogens is 3. The van der Waals surface area contributed by atoms with Gasteiger partial charge in [0.2, 0.25) is 0 Å². The largest absolute Gasteiger partial charge is 0.497 e. The minimum absolute atomic E-state index is 0.513. The van der Waals surface area contributed by atoms with Gasteiger partial charge in [-0.05, 0) is 18.2 Å². The molecule has 0 heterocycles. The first-order chi connectivity index (χ1) is 8.34.